The highest BCUT2D eigenvalue weighted by atomic mass is 35.5. The fourth-order valence-electron chi connectivity index (χ4n) is 2.77. The van der Waals surface area contributed by atoms with Gasteiger partial charge in [-0.15, -0.1) is 0 Å². The van der Waals surface area contributed by atoms with Crippen LogP contribution in [0.1, 0.15) is 34.6 Å². The van der Waals surface area contributed by atoms with Gasteiger partial charge in [-0.3, -0.25) is 0 Å². The Hall–Kier alpha value is -1.40. The van der Waals surface area contributed by atoms with E-state index in [4.69, 9.17) is 36.8 Å². The monoisotopic (exact) mass is 375 g/mol. The quantitative estimate of drug-likeness (QED) is 0.823. The molecule has 2 rings (SSSR count). The van der Waals surface area contributed by atoms with E-state index in [1.165, 1.54) is 11.1 Å². The van der Waals surface area contributed by atoms with Gasteiger partial charge in [0, 0.05) is 12.7 Å². The number of ether oxygens (including phenoxy) is 2. The van der Waals surface area contributed by atoms with Gasteiger partial charge in [0.25, 0.3) is 0 Å². The average molecular weight is 375 g/mol. The molecule has 1 amide bonds. The molecular weight excluding hydrogens is 351 g/mol. The summed E-state index contributed by atoms with van der Waals surface area (Å²) >= 11 is 5.85. The highest BCUT2D eigenvalue weighted by molar-refractivity contribution is 6.41. The van der Waals surface area contributed by atoms with Crippen LogP contribution in [0.15, 0.2) is 18.3 Å². The van der Waals surface area contributed by atoms with Gasteiger partial charge in [-0.1, -0.05) is 11.6 Å². The first-order valence-electron chi connectivity index (χ1n) is 8.53. The van der Waals surface area contributed by atoms with Crippen LogP contribution in [0, 0.1) is 0 Å². The van der Waals surface area contributed by atoms with Gasteiger partial charge >= 0.3 is 6.09 Å². The lowest BCUT2D eigenvalue weighted by Crippen LogP contribution is -2.71. The molecule has 1 aliphatic rings. The maximum atomic E-state index is 12.8. The van der Waals surface area contributed by atoms with Crippen LogP contribution in [0.5, 0.6) is 0 Å². The Balaban J connectivity index is 2.23. The number of hydrogen-bond donors (Lipinski definition) is 1. The summed E-state index contributed by atoms with van der Waals surface area (Å²) in [7, 11) is 12.5. The predicted molar refractivity (Wildman–Crippen MR) is 104 cm³/mol. The second kappa shape index (κ2) is 7.69. The molecule has 138 valence electrons. The van der Waals surface area contributed by atoms with Gasteiger partial charge in [0.15, 0.2) is 0 Å². The van der Waals surface area contributed by atoms with Gasteiger partial charge in [0.2, 0.25) is 0 Å². The van der Waals surface area contributed by atoms with Crippen LogP contribution in [-0.4, -0.2) is 67.4 Å². The van der Waals surface area contributed by atoms with Crippen LogP contribution in [0.3, 0.4) is 0 Å². The lowest BCUT2D eigenvalue weighted by atomic mass is 9.56. The summed E-state index contributed by atoms with van der Waals surface area (Å²) in [5.41, 5.74) is -0.673. The molecule has 0 saturated carbocycles. The van der Waals surface area contributed by atoms with Crippen LogP contribution < -0.4 is 5.32 Å². The molecular formula is C17H24B2ClN3O3. The molecule has 0 bridgehead atoms. The van der Waals surface area contributed by atoms with Crippen molar-refractivity contribution >= 4 is 39.2 Å². The van der Waals surface area contributed by atoms with Gasteiger partial charge < -0.3 is 19.7 Å². The summed E-state index contributed by atoms with van der Waals surface area (Å²) < 4.78 is 11.4. The maximum absolute atomic E-state index is 12.8. The van der Waals surface area contributed by atoms with E-state index < -0.39 is 29.2 Å². The van der Waals surface area contributed by atoms with E-state index in [-0.39, 0.29) is 6.10 Å². The number of nitrogens with zero attached hydrogens (tertiary/aromatic N) is 2. The molecule has 1 aromatic rings. The van der Waals surface area contributed by atoms with Crippen molar-refractivity contribution in [1.29, 1.82) is 0 Å². The van der Waals surface area contributed by atoms with Crippen LogP contribution in [0.4, 0.5) is 10.6 Å². The van der Waals surface area contributed by atoms with Crippen molar-refractivity contribution in [3.05, 3.63) is 23.4 Å². The predicted octanol–water partition coefficient (Wildman–Crippen LogP) is 2.55. The molecule has 0 aromatic carbocycles. The molecule has 1 N–H and O–H groups in total. The zero-order valence-electron chi connectivity index (χ0n) is 15.8. The Morgan fingerprint density at radius 2 is 2.08 bits per heavy atom. The van der Waals surface area contributed by atoms with Crippen LogP contribution >= 0.6 is 11.6 Å². The van der Waals surface area contributed by atoms with Crippen molar-refractivity contribution in [1.82, 2.24) is 9.88 Å². The third-order valence-electron chi connectivity index (χ3n) is 4.17. The van der Waals surface area contributed by atoms with Crippen LogP contribution in [0.25, 0.3) is 0 Å². The van der Waals surface area contributed by atoms with Crippen molar-refractivity contribution in [2.24, 2.45) is 0 Å². The lowest BCUT2D eigenvalue weighted by Gasteiger charge is -2.54. The van der Waals surface area contributed by atoms with E-state index in [9.17, 15) is 4.79 Å². The normalized spacial score (nSPS) is 25.6. The Bertz CT molecular complexity index is 637. The molecule has 1 unspecified atom stereocenters. The minimum atomic E-state index is -1.51. The minimum absolute atomic E-state index is 0.308. The van der Waals surface area contributed by atoms with Gasteiger partial charge in [-0.05, 0) is 52.1 Å². The first kappa shape index (κ1) is 20.9. The fraction of sp³-hybridized carbons (Fsp3) is 0.647. The molecule has 4 radical (unpaired) electrons. The van der Waals surface area contributed by atoms with E-state index in [2.05, 4.69) is 10.3 Å². The maximum Gasteiger partial charge on any atom is 0.409 e. The molecule has 1 saturated heterocycles. The molecule has 1 aromatic heterocycles. The average Bonchev–Trinajstić information content (AvgIpc) is 2.49. The molecule has 1 fully saturated rings. The summed E-state index contributed by atoms with van der Waals surface area (Å²) in [5.74, 6) is 0.615. The number of morpholine rings is 1. The number of carbonyl (C=O) groups excluding carboxylic acids is 1. The summed E-state index contributed by atoms with van der Waals surface area (Å²) in [5, 5.41) is 2.20. The second-order valence-electron chi connectivity index (χ2n) is 7.53. The minimum Gasteiger partial charge on any atom is -0.444 e. The molecule has 3 atom stereocenters. The molecule has 26 heavy (non-hydrogen) atoms. The highest BCUT2D eigenvalue weighted by Gasteiger charge is 2.48. The van der Waals surface area contributed by atoms with Crippen molar-refractivity contribution < 1.29 is 14.3 Å². The highest BCUT2D eigenvalue weighted by Crippen LogP contribution is 2.30. The zero-order chi connectivity index (χ0) is 19.7. The molecule has 9 heteroatoms. The van der Waals surface area contributed by atoms with E-state index in [0.717, 1.165) is 0 Å². The number of halogens is 1. The summed E-state index contributed by atoms with van der Waals surface area (Å²) in [6.07, 6.45) is 0.0852. The second-order valence-corrected chi connectivity index (χ2v) is 7.97. The third kappa shape index (κ3) is 4.86. The molecule has 1 aliphatic heterocycles. The number of amides is 1. The number of carbonyl (C=O) groups is 1. The Morgan fingerprint density at radius 3 is 2.62 bits per heavy atom. The Labute approximate surface area is 162 Å². The summed E-state index contributed by atoms with van der Waals surface area (Å²) in [6, 6.07) is 3.02. The standard InChI is InChI=1S/C17H24B2ClN3O3/c1-10-13(9-22-14-7-6-12(20)8-21-14)23(15(24)26-16(3,4)5)17(18,19)11(2)25-10/h6-8,10-11,13H,9H2,1-5H3,(H,21,22)/t10-,11+,13?/m0/s1. The zero-order valence-corrected chi connectivity index (χ0v) is 16.6. The Morgan fingerprint density at radius 1 is 1.42 bits per heavy atom. The number of anilines is 1. The first-order chi connectivity index (χ1) is 11.9. The van der Waals surface area contributed by atoms with Crippen molar-refractivity contribution in [3.63, 3.8) is 0 Å². The van der Waals surface area contributed by atoms with Gasteiger partial charge in [0.1, 0.15) is 11.4 Å². The van der Waals surface area contributed by atoms with Gasteiger partial charge in [-0.25, -0.2) is 9.78 Å². The van der Waals surface area contributed by atoms with Crippen molar-refractivity contribution in [3.8, 4) is 0 Å². The van der Waals surface area contributed by atoms with Crippen LogP contribution in [-0.2, 0) is 9.47 Å². The molecule has 6 nitrogen and oxygen atoms in total. The van der Waals surface area contributed by atoms with E-state index in [1.54, 1.807) is 39.8 Å². The molecule has 0 aliphatic carbocycles. The number of rotatable bonds is 3. The summed E-state index contributed by atoms with van der Waals surface area (Å²) in [6.45, 7) is 9.30. The van der Waals surface area contributed by atoms with E-state index >= 15 is 0 Å². The largest absolute Gasteiger partial charge is 0.444 e. The SMILES string of the molecule is [B]C1([B])[C@@H](C)O[C@@H](C)C(CNc2ccc(Cl)cn2)N1C(=O)OC(C)(C)C. The van der Waals surface area contributed by atoms with Crippen LogP contribution in [0.2, 0.25) is 5.02 Å². The van der Waals surface area contributed by atoms with Crippen molar-refractivity contribution in [2.45, 2.75) is 63.8 Å². The number of aromatic nitrogens is 1. The van der Waals surface area contributed by atoms with Crippen molar-refractivity contribution in [2.75, 3.05) is 11.9 Å². The number of nitrogens with one attached hydrogen (secondary N) is 1. The van der Waals surface area contributed by atoms with Gasteiger partial charge in [-0.2, -0.15) is 0 Å². The fourth-order valence-corrected chi connectivity index (χ4v) is 2.88. The van der Waals surface area contributed by atoms with Gasteiger partial charge in [0.05, 0.1) is 39.0 Å². The first-order valence-corrected chi connectivity index (χ1v) is 8.90. The Kier molecular flexibility index (Phi) is 6.18. The number of pyridine rings is 1. The summed E-state index contributed by atoms with van der Waals surface area (Å²) in [4.78, 5) is 18.4. The smallest absolute Gasteiger partial charge is 0.409 e. The molecule has 2 heterocycles. The molecule has 0 spiro atoms. The number of hydrogen-bond acceptors (Lipinski definition) is 5. The third-order valence-corrected chi connectivity index (χ3v) is 4.39. The lowest BCUT2D eigenvalue weighted by molar-refractivity contribution is -0.124. The topological polar surface area (TPSA) is 63.7 Å². The van der Waals surface area contributed by atoms with E-state index in [1.807, 2.05) is 6.92 Å². The van der Waals surface area contributed by atoms with E-state index in [0.29, 0.717) is 17.4 Å².